The molecule has 0 saturated carbocycles. The highest BCUT2D eigenvalue weighted by Crippen LogP contribution is 2.20. The molecule has 6 aliphatic heterocycles. The molecule has 0 N–H and O–H groups in total. The lowest BCUT2D eigenvalue weighted by Crippen LogP contribution is -2.49. The van der Waals surface area contributed by atoms with Crippen LogP contribution in [0.25, 0.3) is 0 Å². The van der Waals surface area contributed by atoms with Crippen LogP contribution in [0.1, 0.15) is 98.6 Å². The standard InChI is InChI=1S/C7H10O4.5C6H8O4.6H2/c1-4-5(8)11-7(2,3)6(9)10-4;5*1-3-5(7)10-4(2)6(8)9-3;;;;;;/h4H,1-3H3;5*3-4H,1-2H3;6*1H/t4-;2*3-,4+;3*3-,4-;;;;;;/m1..100....../s1/i;;;;;;6*1+1. The predicted octanol–water partition coefficient (Wildman–Crippen LogP) is 1.05. The molecule has 61 heavy (non-hydrogen) atoms. The van der Waals surface area contributed by atoms with E-state index in [1.165, 1.54) is 90.0 Å². The van der Waals surface area contributed by atoms with Gasteiger partial charge in [0.15, 0.2) is 67.1 Å². The first-order chi connectivity index (χ1) is 28.0. The molecule has 0 amide bonds. The van der Waals surface area contributed by atoms with Crippen LogP contribution in [0.3, 0.4) is 0 Å². The number of carbonyl (C=O) groups is 12. The number of carbonyl (C=O) groups excluding carboxylic acids is 12. The van der Waals surface area contributed by atoms with Crippen LogP contribution in [0.15, 0.2) is 0 Å². The molecule has 0 radical (unpaired) electrons. The van der Waals surface area contributed by atoms with Gasteiger partial charge in [-0.3, -0.25) is 0 Å². The van der Waals surface area contributed by atoms with Gasteiger partial charge in [-0.15, -0.1) is 0 Å². The van der Waals surface area contributed by atoms with Crippen LogP contribution in [-0.4, -0.2) is 144 Å². The minimum absolute atomic E-state index is 0. The summed E-state index contributed by atoms with van der Waals surface area (Å²) in [4.78, 5) is 128. The van der Waals surface area contributed by atoms with Crippen molar-refractivity contribution in [2.24, 2.45) is 0 Å². The van der Waals surface area contributed by atoms with E-state index in [-0.39, 0.29) is 8.56 Å². The van der Waals surface area contributed by atoms with Crippen LogP contribution in [0.4, 0.5) is 0 Å². The van der Waals surface area contributed by atoms with Crippen LogP contribution in [0.5, 0.6) is 0 Å². The Balaban J connectivity index is -0.000000164. The second-order valence-electron chi connectivity index (χ2n) is 13.8. The van der Waals surface area contributed by atoms with Gasteiger partial charge < -0.3 is 56.8 Å². The van der Waals surface area contributed by atoms with E-state index in [1.807, 2.05) is 0 Å². The fourth-order valence-electron chi connectivity index (χ4n) is 3.91. The van der Waals surface area contributed by atoms with E-state index in [2.05, 4.69) is 47.4 Å². The van der Waals surface area contributed by atoms with E-state index in [1.54, 1.807) is 0 Å². The second kappa shape index (κ2) is 22.9. The highest BCUT2D eigenvalue weighted by atomic mass is 16.7. The molecule has 24 heteroatoms. The van der Waals surface area contributed by atoms with E-state index in [0.717, 1.165) is 0 Å². The van der Waals surface area contributed by atoms with Gasteiger partial charge in [-0.2, -0.15) is 0 Å². The van der Waals surface area contributed by atoms with Gasteiger partial charge in [0.2, 0.25) is 5.60 Å². The number of ether oxygens (including phenoxy) is 12. The zero-order valence-electron chi connectivity index (χ0n) is 35.6. The molecule has 0 unspecified atom stereocenters. The molecule has 6 aliphatic rings. The molecule has 6 fully saturated rings. The van der Waals surface area contributed by atoms with Crippen LogP contribution < -0.4 is 0 Å². The summed E-state index contributed by atoms with van der Waals surface area (Å²) in [5.74, 6) is -5.78. The Morgan fingerprint density at radius 1 is 0.262 bits per heavy atom. The molecule has 0 aromatic heterocycles. The van der Waals surface area contributed by atoms with Gasteiger partial charge in [0.1, 0.15) is 0 Å². The van der Waals surface area contributed by atoms with Crippen molar-refractivity contribution in [3.63, 3.8) is 0 Å². The van der Waals surface area contributed by atoms with Crippen molar-refractivity contribution in [2.75, 3.05) is 0 Å². The lowest BCUT2D eigenvalue weighted by atomic mass is 10.1. The molecular formula is C37H62O24. The van der Waals surface area contributed by atoms with Crippen LogP contribution in [-0.2, 0) is 114 Å². The third-order valence-electron chi connectivity index (χ3n) is 7.71. The Morgan fingerprint density at radius 2 is 0.393 bits per heavy atom. The van der Waals surface area contributed by atoms with Crippen molar-refractivity contribution >= 4 is 71.6 Å². The van der Waals surface area contributed by atoms with Crippen LogP contribution in [0.2, 0.25) is 0 Å². The average molecular weight is 897 g/mol. The van der Waals surface area contributed by atoms with Gasteiger partial charge in [0, 0.05) is 8.56 Å². The summed E-state index contributed by atoms with van der Waals surface area (Å²) < 4.78 is 55.5. The predicted molar refractivity (Wildman–Crippen MR) is 204 cm³/mol. The van der Waals surface area contributed by atoms with Gasteiger partial charge in [-0.25, -0.2) is 57.5 Å². The number of esters is 12. The summed E-state index contributed by atoms with van der Waals surface area (Å²) in [5, 5.41) is 0. The topological polar surface area (TPSA) is 316 Å². The third kappa shape index (κ3) is 16.7. The van der Waals surface area contributed by atoms with Crippen LogP contribution >= 0.6 is 0 Å². The summed E-state index contributed by atoms with van der Waals surface area (Å²) in [7, 11) is 0. The van der Waals surface area contributed by atoms with E-state index in [0.29, 0.717) is 0 Å². The van der Waals surface area contributed by atoms with Gasteiger partial charge in [-0.1, -0.05) is 0 Å². The largest absolute Gasteiger partial charge is 0.448 e. The summed E-state index contributed by atoms with van der Waals surface area (Å²) in [6, 6.07) is 0. The minimum Gasteiger partial charge on any atom is -0.448 e. The Labute approximate surface area is 357 Å². The Bertz CT molecular complexity index is 1410. The summed E-state index contributed by atoms with van der Waals surface area (Å²) in [6.45, 7) is 19.3. The Morgan fingerprint density at radius 3 is 0.525 bits per heavy atom. The molecule has 354 valence electrons. The number of hydrogen-bond acceptors (Lipinski definition) is 24. The smallest absolute Gasteiger partial charge is 0.350 e. The van der Waals surface area contributed by atoms with Crippen molar-refractivity contribution in [1.82, 2.24) is 0 Å². The van der Waals surface area contributed by atoms with Gasteiger partial charge in [0.25, 0.3) is 0 Å². The number of hydrogen-bond donors (Lipinski definition) is 0. The quantitative estimate of drug-likeness (QED) is 0.242. The molecule has 24 nitrogen and oxygen atoms in total. The zero-order valence-corrected chi connectivity index (χ0v) is 35.6. The molecule has 0 spiro atoms. The summed E-state index contributed by atoms with van der Waals surface area (Å²) >= 11 is 0. The van der Waals surface area contributed by atoms with E-state index in [9.17, 15) is 57.5 Å². The molecule has 6 heterocycles. The first-order valence-corrected chi connectivity index (χ1v) is 18.5. The van der Waals surface area contributed by atoms with Crippen molar-refractivity contribution in [2.45, 2.75) is 163 Å². The van der Waals surface area contributed by atoms with Crippen LogP contribution in [0, 0.1) is 0 Å². The van der Waals surface area contributed by atoms with Crippen molar-refractivity contribution < 1.29 is 123 Å². The van der Waals surface area contributed by atoms with Crippen molar-refractivity contribution in [3.05, 3.63) is 0 Å². The van der Waals surface area contributed by atoms with E-state index < -0.39 is 144 Å². The van der Waals surface area contributed by atoms with Crippen molar-refractivity contribution in [3.8, 4) is 0 Å². The second-order valence-corrected chi connectivity index (χ2v) is 13.8. The van der Waals surface area contributed by atoms with E-state index in [4.69, 9.17) is 9.47 Å². The number of cyclic esters (lactones) is 12. The zero-order chi connectivity index (χ0) is 47.3. The first-order valence-electron chi connectivity index (χ1n) is 18.5. The molecule has 6 rings (SSSR count). The lowest BCUT2D eigenvalue weighted by molar-refractivity contribution is -0.204. The maximum Gasteiger partial charge on any atom is 0.350 e. The van der Waals surface area contributed by atoms with E-state index >= 15 is 0 Å². The van der Waals surface area contributed by atoms with Crippen molar-refractivity contribution in [1.29, 1.82) is 0 Å². The SMILES string of the molecule is C[C@@H]1OC(=O)[C@@H](C)OC1=O.C[C@@H]1OC(=O)[C@@H](C)OC1=O.C[C@@H]1OC(=O)[C@H](C)OC1=O.C[C@@H]1OC(=O)[C@H](C)OC1=O.C[C@H]1OC(=O)C(C)(C)OC1=O.C[C@H]1OC(=O)[C@@H](C)OC1=O.[2HH].[2HH].[2HH].[2HH].[2HH].[2HH]. The Kier molecular flexibility index (Phi) is 19.7. The molecule has 11 atom stereocenters. The van der Waals surface area contributed by atoms with Gasteiger partial charge in [-0.05, 0) is 90.0 Å². The molecular weight excluding hydrogens is 828 g/mol. The molecule has 6 saturated heterocycles. The number of rotatable bonds is 0. The summed E-state index contributed by atoms with van der Waals surface area (Å²) in [5.41, 5.74) is -1.12. The molecule has 0 aliphatic carbocycles. The molecule has 0 aromatic rings. The minimum atomic E-state index is -1.12. The first kappa shape index (κ1) is 52.7. The monoisotopic (exact) mass is 896 g/mol. The third-order valence-corrected chi connectivity index (χ3v) is 7.71. The highest BCUT2D eigenvalue weighted by molar-refractivity contribution is 5.90. The summed E-state index contributed by atoms with van der Waals surface area (Å²) in [6.07, 6.45) is -8.23. The van der Waals surface area contributed by atoms with Gasteiger partial charge in [0.05, 0.1) is 0 Å². The molecule has 0 aromatic carbocycles. The Hall–Kier alpha value is -6.36. The fraction of sp³-hybridized carbons (Fsp3) is 0.676. The normalized spacial score (nSPS) is 32.3. The fourth-order valence-corrected chi connectivity index (χ4v) is 3.91. The van der Waals surface area contributed by atoms with Gasteiger partial charge >= 0.3 is 71.6 Å². The molecule has 0 bridgehead atoms. The highest BCUT2D eigenvalue weighted by Gasteiger charge is 2.42. The maximum absolute atomic E-state index is 11.0. The maximum atomic E-state index is 11.0. The average Bonchev–Trinajstić information content (AvgIpc) is 3.15. The lowest BCUT2D eigenvalue weighted by Gasteiger charge is -2.30.